The van der Waals surface area contributed by atoms with E-state index in [4.69, 9.17) is 9.47 Å². The van der Waals surface area contributed by atoms with Gasteiger partial charge < -0.3 is 9.47 Å². The van der Waals surface area contributed by atoms with Crippen LogP contribution in [0.25, 0.3) is 0 Å². The van der Waals surface area contributed by atoms with Gasteiger partial charge in [0, 0.05) is 6.07 Å². The average molecular weight is 467 g/mol. The van der Waals surface area contributed by atoms with Crippen molar-refractivity contribution < 1.29 is 23.0 Å². The van der Waals surface area contributed by atoms with Crippen LogP contribution in [0, 0.1) is 29.4 Å². The molecule has 0 amide bonds. The highest BCUT2D eigenvalue weighted by molar-refractivity contribution is 5.91. The Morgan fingerprint density at radius 2 is 1.82 bits per heavy atom. The van der Waals surface area contributed by atoms with Crippen molar-refractivity contribution in [2.45, 2.75) is 51.4 Å². The lowest BCUT2D eigenvalue weighted by atomic mass is 9.64. The van der Waals surface area contributed by atoms with E-state index >= 15 is 0 Å². The van der Waals surface area contributed by atoms with Gasteiger partial charge in [-0.05, 0) is 98.9 Å². The Balaban J connectivity index is 1.39. The van der Waals surface area contributed by atoms with E-state index in [0.29, 0.717) is 30.1 Å². The number of hydrogen-bond acceptors (Lipinski definition) is 3. The molecule has 0 N–H and O–H groups in total. The third-order valence-corrected chi connectivity index (χ3v) is 7.36. The van der Waals surface area contributed by atoms with Crippen molar-refractivity contribution in [1.82, 2.24) is 0 Å². The number of ether oxygens (including phenoxy) is 2. The highest BCUT2D eigenvalue weighted by Gasteiger charge is 2.35. The maximum Gasteiger partial charge on any atom is 0.346 e. The fourth-order valence-electron chi connectivity index (χ4n) is 5.44. The Hall–Kier alpha value is -2.95. The molecule has 0 bridgehead atoms. The monoisotopic (exact) mass is 466 g/mol. The second-order valence-corrected chi connectivity index (χ2v) is 9.44. The number of fused-ring (bicyclic) bond motifs is 1. The van der Waals surface area contributed by atoms with Crippen molar-refractivity contribution >= 4 is 5.97 Å². The van der Waals surface area contributed by atoms with E-state index in [2.05, 4.69) is 12.7 Å². The summed E-state index contributed by atoms with van der Waals surface area (Å²) < 4.78 is 39.8. The summed E-state index contributed by atoms with van der Waals surface area (Å²) in [6.45, 7) is 6.13. The van der Waals surface area contributed by atoms with Crippen LogP contribution >= 0.6 is 0 Å². The maximum atomic E-state index is 14.9. The van der Waals surface area contributed by atoms with Gasteiger partial charge in [0.2, 0.25) is 0 Å². The SMILES string of the molecule is C=CC1CCC2CC(c3ccc(C(=O)Oc4ccc(OC/C=C/C)cc4F)c(F)c3)CCC2C1. The number of benzene rings is 2. The maximum absolute atomic E-state index is 14.9. The second-order valence-electron chi connectivity index (χ2n) is 9.44. The van der Waals surface area contributed by atoms with Crippen LogP contribution in [0.3, 0.4) is 0 Å². The fourth-order valence-corrected chi connectivity index (χ4v) is 5.44. The van der Waals surface area contributed by atoms with Gasteiger partial charge >= 0.3 is 5.97 Å². The first kappa shape index (κ1) is 24.2. The van der Waals surface area contributed by atoms with Crippen molar-refractivity contribution in [3.63, 3.8) is 0 Å². The first-order chi connectivity index (χ1) is 16.5. The molecule has 0 radical (unpaired) electrons. The molecule has 3 nitrogen and oxygen atoms in total. The summed E-state index contributed by atoms with van der Waals surface area (Å²) >= 11 is 0. The van der Waals surface area contributed by atoms with Crippen molar-refractivity contribution in [2.24, 2.45) is 17.8 Å². The molecule has 2 fully saturated rings. The first-order valence-corrected chi connectivity index (χ1v) is 12.2. The minimum absolute atomic E-state index is 0.197. The molecule has 180 valence electrons. The van der Waals surface area contributed by atoms with Crippen LogP contribution in [0.5, 0.6) is 11.5 Å². The van der Waals surface area contributed by atoms with Gasteiger partial charge in [-0.1, -0.05) is 24.3 Å². The predicted octanol–water partition coefficient (Wildman–Crippen LogP) is 7.62. The van der Waals surface area contributed by atoms with Crippen LogP contribution in [-0.2, 0) is 0 Å². The van der Waals surface area contributed by atoms with Gasteiger partial charge in [-0.3, -0.25) is 0 Å². The molecule has 34 heavy (non-hydrogen) atoms. The molecule has 0 spiro atoms. The fraction of sp³-hybridized carbons (Fsp3) is 0.414. The Bertz CT molecular complexity index is 1060. The van der Waals surface area contributed by atoms with Gasteiger partial charge in [-0.15, -0.1) is 6.58 Å². The van der Waals surface area contributed by atoms with Crippen LogP contribution in [0.1, 0.15) is 67.3 Å². The Morgan fingerprint density at radius 1 is 1.03 bits per heavy atom. The average Bonchev–Trinajstić information content (AvgIpc) is 2.85. The molecular formula is C29H32F2O3. The van der Waals surface area contributed by atoms with Gasteiger partial charge in [0.05, 0.1) is 5.56 Å². The summed E-state index contributed by atoms with van der Waals surface area (Å²) in [5.41, 5.74) is 0.726. The lowest BCUT2D eigenvalue weighted by Crippen LogP contribution is -2.30. The summed E-state index contributed by atoms with van der Waals surface area (Å²) in [4.78, 5) is 12.5. The van der Waals surface area contributed by atoms with Crippen molar-refractivity contribution in [1.29, 1.82) is 0 Å². The van der Waals surface area contributed by atoms with Gasteiger partial charge in [0.1, 0.15) is 18.2 Å². The molecule has 4 rings (SSSR count). The lowest BCUT2D eigenvalue weighted by Gasteiger charge is -2.41. The molecule has 2 aromatic rings. The minimum atomic E-state index is -0.919. The molecule has 4 atom stereocenters. The van der Waals surface area contributed by atoms with Crippen LogP contribution in [-0.4, -0.2) is 12.6 Å². The van der Waals surface area contributed by atoms with Crippen LogP contribution in [0.15, 0.2) is 61.2 Å². The van der Waals surface area contributed by atoms with Crippen molar-refractivity contribution in [3.8, 4) is 11.5 Å². The zero-order valence-corrected chi connectivity index (χ0v) is 19.6. The molecule has 0 aliphatic heterocycles. The normalized spacial score (nSPS) is 24.4. The molecule has 2 aliphatic rings. The smallest absolute Gasteiger partial charge is 0.346 e. The summed E-state index contributed by atoms with van der Waals surface area (Å²) in [6.07, 6.45) is 12.6. The molecule has 0 aromatic heterocycles. The minimum Gasteiger partial charge on any atom is -0.489 e. The topological polar surface area (TPSA) is 35.5 Å². The van der Waals surface area contributed by atoms with Crippen LogP contribution in [0.2, 0.25) is 0 Å². The second kappa shape index (κ2) is 11.0. The van der Waals surface area contributed by atoms with Gasteiger partial charge in [-0.25, -0.2) is 13.6 Å². The molecule has 0 heterocycles. The highest BCUT2D eigenvalue weighted by atomic mass is 19.1. The number of halogens is 2. The predicted molar refractivity (Wildman–Crippen MR) is 129 cm³/mol. The highest BCUT2D eigenvalue weighted by Crippen LogP contribution is 2.47. The standard InChI is InChI=1S/C29H32F2O3/c1-3-5-14-33-24-11-13-28(27(31)18-24)34-29(32)25-12-10-23(17-26(25)30)22-9-8-20-15-19(4-2)6-7-21(20)16-22/h3-5,10-13,17-22H,2,6-9,14-16H2,1H3/b5-3+. The van der Waals surface area contributed by atoms with Gasteiger partial charge in [0.15, 0.2) is 11.6 Å². The molecular weight excluding hydrogens is 434 g/mol. The Labute approximate surface area is 200 Å². The zero-order chi connectivity index (χ0) is 24.1. The van der Waals surface area contributed by atoms with E-state index in [0.717, 1.165) is 36.8 Å². The third kappa shape index (κ3) is 5.57. The van der Waals surface area contributed by atoms with E-state index in [1.165, 1.54) is 43.5 Å². The summed E-state index contributed by atoms with van der Waals surface area (Å²) in [5.74, 6) is 0.104. The number of hydrogen-bond donors (Lipinski definition) is 0. The van der Waals surface area contributed by atoms with Gasteiger partial charge in [-0.2, -0.15) is 0 Å². The largest absolute Gasteiger partial charge is 0.489 e. The molecule has 2 saturated carbocycles. The zero-order valence-electron chi connectivity index (χ0n) is 19.6. The van der Waals surface area contributed by atoms with E-state index < -0.39 is 17.6 Å². The van der Waals surface area contributed by atoms with Gasteiger partial charge in [0.25, 0.3) is 0 Å². The number of carbonyl (C=O) groups is 1. The summed E-state index contributed by atoms with van der Waals surface area (Å²) in [5, 5.41) is 0. The van der Waals surface area contributed by atoms with Crippen LogP contribution in [0.4, 0.5) is 8.78 Å². The van der Waals surface area contributed by atoms with E-state index in [9.17, 15) is 13.6 Å². The number of carbonyl (C=O) groups excluding carboxylic acids is 1. The molecule has 5 heteroatoms. The van der Waals surface area contributed by atoms with E-state index in [1.54, 1.807) is 6.08 Å². The molecule has 2 aromatic carbocycles. The summed E-state index contributed by atoms with van der Waals surface area (Å²) in [7, 11) is 0. The third-order valence-electron chi connectivity index (χ3n) is 7.36. The van der Waals surface area contributed by atoms with Crippen LogP contribution < -0.4 is 9.47 Å². The molecule has 0 saturated heterocycles. The molecule has 4 unspecified atom stereocenters. The van der Waals surface area contributed by atoms with E-state index in [1.807, 2.05) is 19.1 Å². The van der Waals surface area contributed by atoms with E-state index in [-0.39, 0.29) is 11.3 Å². The lowest BCUT2D eigenvalue weighted by molar-refractivity contribution is 0.0722. The Morgan fingerprint density at radius 3 is 2.56 bits per heavy atom. The quantitative estimate of drug-likeness (QED) is 0.239. The number of allylic oxidation sites excluding steroid dienone is 2. The van der Waals surface area contributed by atoms with Crippen molar-refractivity contribution in [3.05, 3.63) is 84.0 Å². The first-order valence-electron chi connectivity index (χ1n) is 12.2. The Kier molecular flexibility index (Phi) is 7.81. The number of esters is 1. The van der Waals surface area contributed by atoms with Crippen molar-refractivity contribution in [2.75, 3.05) is 6.61 Å². The molecule has 2 aliphatic carbocycles. The summed E-state index contributed by atoms with van der Waals surface area (Å²) in [6, 6.07) is 8.68. The number of rotatable bonds is 7.